The lowest BCUT2D eigenvalue weighted by Crippen LogP contribution is -2.34. The highest BCUT2D eigenvalue weighted by molar-refractivity contribution is 6.15. The van der Waals surface area contributed by atoms with Gasteiger partial charge in [0.05, 0.1) is 11.1 Å². The number of aromatic carboxylic acids is 1. The van der Waals surface area contributed by atoms with Crippen molar-refractivity contribution in [2.75, 3.05) is 18.1 Å². The van der Waals surface area contributed by atoms with E-state index in [9.17, 15) is 19.8 Å². The highest BCUT2D eigenvalue weighted by Gasteiger charge is 2.25. The van der Waals surface area contributed by atoms with Crippen LogP contribution in [0.1, 0.15) is 46.0 Å². The quantitative estimate of drug-likeness (QED) is 0.773. The number of phenolic OH excluding ortho intramolecular Hbond substituents is 1. The summed E-state index contributed by atoms with van der Waals surface area (Å²) in [5.74, 6) is -1.88. The molecule has 6 nitrogen and oxygen atoms in total. The van der Waals surface area contributed by atoms with Crippen LogP contribution in [-0.4, -0.2) is 41.3 Å². The molecule has 3 rings (SSSR count). The fourth-order valence-corrected chi connectivity index (χ4v) is 3.26. The Bertz CT molecular complexity index is 827. The van der Waals surface area contributed by atoms with Gasteiger partial charge in [0, 0.05) is 30.5 Å². The Kier molecular flexibility index (Phi) is 5.23. The van der Waals surface area contributed by atoms with Gasteiger partial charge >= 0.3 is 5.97 Å². The molecule has 1 aliphatic rings. The molecule has 26 heavy (non-hydrogen) atoms. The van der Waals surface area contributed by atoms with E-state index in [1.807, 2.05) is 11.8 Å². The average molecular weight is 355 g/mol. The largest absolute Gasteiger partial charge is 0.507 e. The van der Waals surface area contributed by atoms with Crippen molar-refractivity contribution in [2.45, 2.75) is 26.0 Å². The molecule has 0 radical (unpaired) electrons. The molecular weight excluding hydrogens is 334 g/mol. The van der Waals surface area contributed by atoms with Crippen LogP contribution in [0.25, 0.3) is 0 Å². The van der Waals surface area contributed by atoms with Crippen molar-refractivity contribution in [3.63, 3.8) is 0 Å². The lowest BCUT2D eigenvalue weighted by atomic mass is 9.97. The van der Waals surface area contributed by atoms with E-state index in [0.717, 1.165) is 25.1 Å². The monoisotopic (exact) mass is 355 g/mol. The molecule has 0 saturated carbocycles. The lowest BCUT2D eigenvalue weighted by Gasteiger charge is -2.29. The molecule has 1 heterocycles. The van der Waals surface area contributed by atoms with E-state index in [2.05, 4.69) is 0 Å². The van der Waals surface area contributed by atoms with Crippen LogP contribution in [0.2, 0.25) is 0 Å². The minimum absolute atomic E-state index is 0.0336. The number of rotatable bonds is 6. The van der Waals surface area contributed by atoms with Crippen LogP contribution >= 0.6 is 0 Å². The first-order valence-corrected chi connectivity index (χ1v) is 8.61. The maximum absolute atomic E-state index is 12.7. The fraction of sp³-hybridized carbons (Fsp3) is 0.300. The van der Waals surface area contributed by atoms with Gasteiger partial charge in [-0.25, -0.2) is 4.79 Å². The predicted molar refractivity (Wildman–Crippen MR) is 96.9 cm³/mol. The number of ether oxygens (including phenoxy) is 1. The van der Waals surface area contributed by atoms with Gasteiger partial charge in [0.1, 0.15) is 12.0 Å². The van der Waals surface area contributed by atoms with Crippen molar-refractivity contribution in [2.24, 2.45) is 0 Å². The zero-order valence-electron chi connectivity index (χ0n) is 14.5. The van der Waals surface area contributed by atoms with E-state index in [1.54, 1.807) is 18.2 Å². The Morgan fingerprint density at radius 1 is 1.15 bits per heavy atom. The van der Waals surface area contributed by atoms with Gasteiger partial charge in [-0.2, -0.15) is 0 Å². The number of nitrogens with zero attached hydrogens (tertiary/aromatic N) is 1. The summed E-state index contributed by atoms with van der Waals surface area (Å²) in [6, 6.07) is 10.8. The van der Waals surface area contributed by atoms with Gasteiger partial charge in [-0.05, 0) is 38.0 Å². The molecular formula is C20H21NO5. The molecule has 2 aromatic carbocycles. The molecule has 1 unspecified atom stereocenters. The molecule has 2 N–H and O–H groups in total. The number of hydrogen-bond acceptors (Lipinski definition) is 5. The zero-order chi connectivity index (χ0) is 18.7. The van der Waals surface area contributed by atoms with Gasteiger partial charge < -0.3 is 19.8 Å². The summed E-state index contributed by atoms with van der Waals surface area (Å²) in [7, 11) is 0. The van der Waals surface area contributed by atoms with E-state index in [0.29, 0.717) is 6.54 Å². The second-order valence-corrected chi connectivity index (χ2v) is 6.13. The van der Waals surface area contributed by atoms with E-state index < -0.39 is 11.8 Å². The van der Waals surface area contributed by atoms with Gasteiger partial charge in [-0.15, -0.1) is 0 Å². The number of carbonyl (C=O) groups excluding carboxylic acids is 1. The molecule has 0 aliphatic carbocycles. The summed E-state index contributed by atoms with van der Waals surface area (Å²) in [5.41, 5.74) is 0.802. The van der Waals surface area contributed by atoms with Crippen LogP contribution in [0.3, 0.4) is 0 Å². The molecule has 0 aromatic heterocycles. The third-order valence-corrected chi connectivity index (χ3v) is 4.55. The van der Waals surface area contributed by atoms with Crippen molar-refractivity contribution >= 4 is 17.4 Å². The minimum atomic E-state index is -1.18. The number of ketones is 1. The topological polar surface area (TPSA) is 87.1 Å². The van der Waals surface area contributed by atoms with Crippen LogP contribution in [0.15, 0.2) is 42.5 Å². The van der Waals surface area contributed by atoms with E-state index in [4.69, 9.17) is 4.74 Å². The van der Waals surface area contributed by atoms with Gasteiger partial charge in [0.2, 0.25) is 0 Å². The number of phenols is 1. The summed E-state index contributed by atoms with van der Waals surface area (Å²) < 4.78 is 5.70. The number of benzene rings is 2. The van der Waals surface area contributed by atoms with Gasteiger partial charge in [-0.1, -0.05) is 18.2 Å². The standard InChI is InChI=1S/C20H21NO5/c1-2-21(18-8-5-11-26-18)13-9-10-16(17(22)12-13)19(23)14-6-3-4-7-15(14)20(24)25/h3-4,6-7,9-10,12,18,22H,2,5,8,11H2,1H3,(H,24,25). The predicted octanol–water partition coefficient (Wildman–Crippen LogP) is 3.28. The van der Waals surface area contributed by atoms with Crippen LogP contribution in [0.5, 0.6) is 5.75 Å². The first-order chi connectivity index (χ1) is 12.5. The maximum atomic E-state index is 12.7. The number of anilines is 1. The van der Waals surface area contributed by atoms with Crippen LogP contribution < -0.4 is 4.90 Å². The molecule has 0 amide bonds. The number of hydrogen-bond donors (Lipinski definition) is 2. The minimum Gasteiger partial charge on any atom is -0.507 e. The van der Waals surface area contributed by atoms with Crippen molar-refractivity contribution in [3.8, 4) is 5.75 Å². The Balaban J connectivity index is 1.92. The van der Waals surface area contributed by atoms with E-state index >= 15 is 0 Å². The average Bonchev–Trinajstić information content (AvgIpc) is 3.16. The fourth-order valence-electron chi connectivity index (χ4n) is 3.26. The first kappa shape index (κ1) is 17.9. The zero-order valence-corrected chi connectivity index (χ0v) is 14.5. The number of carboxylic acids is 1. The van der Waals surface area contributed by atoms with Crippen molar-refractivity contribution < 1.29 is 24.5 Å². The van der Waals surface area contributed by atoms with Crippen LogP contribution in [0.4, 0.5) is 5.69 Å². The van der Waals surface area contributed by atoms with Crippen molar-refractivity contribution in [1.82, 2.24) is 0 Å². The Labute approximate surface area is 151 Å². The second-order valence-electron chi connectivity index (χ2n) is 6.13. The highest BCUT2D eigenvalue weighted by atomic mass is 16.5. The maximum Gasteiger partial charge on any atom is 0.336 e. The van der Waals surface area contributed by atoms with Crippen LogP contribution in [-0.2, 0) is 4.74 Å². The Hall–Kier alpha value is -2.86. The van der Waals surface area contributed by atoms with Crippen molar-refractivity contribution in [1.29, 1.82) is 0 Å². The molecule has 0 bridgehead atoms. The summed E-state index contributed by atoms with van der Waals surface area (Å²) in [4.78, 5) is 26.1. The Morgan fingerprint density at radius 3 is 2.46 bits per heavy atom. The highest BCUT2D eigenvalue weighted by Crippen LogP contribution is 2.30. The van der Waals surface area contributed by atoms with E-state index in [1.165, 1.54) is 24.3 Å². The summed E-state index contributed by atoms with van der Waals surface area (Å²) in [6.45, 7) is 3.43. The van der Waals surface area contributed by atoms with Crippen LogP contribution in [0, 0.1) is 0 Å². The Morgan fingerprint density at radius 2 is 1.88 bits per heavy atom. The lowest BCUT2D eigenvalue weighted by molar-refractivity contribution is 0.0692. The number of carbonyl (C=O) groups is 2. The van der Waals surface area contributed by atoms with Gasteiger partial charge in [0.25, 0.3) is 0 Å². The molecule has 1 atom stereocenters. The van der Waals surface area contributed by atoms with Gasteiger partial charge in [0.15, 0.2) is 5.78 Å². The summed E-state index contributed by atoms with van der Waals surface area (Å²) in [5, 5.41) is 19.7. The van der Waals surface area contributed by atoms with Gasteiger partial charge in [-0.3, -0.25) is 4.79 Å². The van der Waals surface area contributed by atoms with Crippen molar-refractivity contribution in [3.05, 3.63) is 59.2 Å². The molecule has 6 heteroatoms. The summed E-state index contributed by atoms with van der Waals surface area (Å²) in [6.07, 6.45) is 1.88. The normalized spacial score (nSPS) is 16.4. The van der Waals surface area contributed by atoms with E-state index in [-0.39, 0.29) is 28.7 Å². The molecule has 2 aromatic rings. The smallest absolute Gasteiger partial charge is 0.336 e. The second kappa shape index (κ2) is 7.58. The first-order valence-electron chi connectivity index (χ1n) is 8.61. The number of carboxylic acid groups (broad SMARTS) is 1. The molecule has 1 aliphatic heterocycles. The molecule has 136 valence electrons. The molecule has 1 fully saturated rings. The SMILES string of the molecule is CCN(c1ccc(C(=O)c2ccccc2C(=O)O)c(O)c1)C1CCCO1. The third-order valence-electron chi connectivity index (χ3n) is 4.55. The summed E-state index contributed by atoms with van der Waals surface area (Å²) >= 11 is 0. The third kappa shape index (κ3) is 3.41. The molecule has 0 spiro atoms. The number of aromatic hydroxyl groups is 1. The molecule has 1 saturated heterocycles.